The number of ether oxygens (including phenoxy) is 2. The van der Waals surface area contributed by atoms with E-state index in [1.54, 1.807) is 0 Å². The summed E-state index contributed by atoms with van der Waals surface area (Å²) in [6, 6.07) is 23.6. The van der Waals surface area contributed by atoms with Crippen molar-refractivity contribution in [3.8, 4) is 11.1 Å². The number of hydrogen-bond donors (Lipinski definition) is 2. The van der Waals surface area contributed by atoms with Gasteiger partial charge in [-0.1, -0.05) is 78.9 Å². The number of rotatable bonds is 12. The van der Waals surface area contributed by atoms with Crippen molar-refractivity contribution in [2.75, 3.05) is 13.2 Å². The molecule has 0 aromatic heterocycles. The Morgan fingerprint density at radius 2 is 1.46 bits per heavy atom. The van der Waals surface area contributed by atoms with Crippen LogP contribution in [0.25, 0.3) is 11.1 Å². The Hall–Kier alpha value is -4.66. The summed E-state index contributed by atoms with van der Waals surface area (Å²) in [6.45, 7) is 0.0578. The van der Waals surface area contributed by atoms with Crippen LogP contribution in [0.2, 0.25) is 0 Å². The summed E-state index contributed by atoms with van der Waals surface area (Å²) in [5.41, 5.74) is 5.06. The Labute approximate surface area is 238 Å². The molecule has 1 atom stereocenters. The number of fused-ring (bicyclic) bond motifs is 3. The lowest BCUT2D eigenvalue weighted by Gasteiger charge is -2.27. The van der Waals surface area contributed by atoms with Crippen molar-refractivity contribution in [3.05, 3.63) is 95.6 Å². The molecule has 9 heteroatoms. The van der Waals surface area contributed by atoms with Gasteiger partial charge < -0.3 is 24.8 Å². The maximum absolute atomic E-state index is 13.5. The number of hydrogen-bond acceptors (Lipinski definition) is 6. The lowest BCUT2D eigenvalue weighted by atomic mass is 9.98. The van der Waals surface area contributed by atoms with Crippen LogP contribution < -0.4 is 5.32 Å². The van der Waals surface area contributed by atoms with Crippen molar-refractivity contribution in [3.63, 3.8) is 0 Å². The second-order valence-electron chi connectivity index (χ2n) is 10.3. The molecule has 1 saturated carbocycles. The molecule has 0 aliphatic heterocycles. The van der Waals surface area contributed by atoms with Crippen LogP contribution >= 0.6 is 0 Å². The molecular weight excluding hydrogens is 524 g/mol. The second-order valence-corrected chi connectivity index (χ2v) is 10.3. The minimum Gasteiger partial charge on any atom is -0.481 e. The van der Waals surface area contributed by atoms with E-state index in [4.69, 9.17) is 14.6 Å². The van der Waals surface area contributed by atoms with Crippen molar-refractivity contribution in [1.82, 2.24) is 10.2 Å². The zero-order valence-electron chi connectivity index (χ0n) is 22.5. The van der Waals surface area contributed by atoms with Crippen molar-refractivity contribution >= 4 is 23.9 Å². The van der Waals surface area contributed by atoms with E-state index < -0.39 is 36.4 Å². The Bertz CT molecular complexity index is 1370. The van der Waals surface area contributed by atoms with E-state index in [9.17, 15) is 19.2 Å². The molecule has 3 aromatic rings. The Morgan fingerprint density at radius 3 is 2.07 bits per heavy atom. The molecule has 2 N–H and O–H groups in total. The normalized spacial score (nSPS) is 14.3. The number of aliphatic carboxylic acids is 1. The van der Waals surface area contributed by atoms with E-state index in [-0.39, 0.29) is 38.1 Å². The highest BCUT2D eigenvalue weighted by Gasteiger charge is 2.38. The van der Waals surface area contributed by atoms with Gasteiger partial charge in [0, 0.05) is 18.5 Å². The molecule has 5 rings (SSSR count). The largest absolute Gasteiger partial charge is 0.481 e. The third kappa shape index (κ3) is 6.92. The lowest BCUT2D eigenvalue weighted by Crippen LogP contribution is -2.51. The van der Waals surface area contributed by atoms with Crippen LogP contribution in [0.15, 0.2) is 78.9 Å². The quantitative estimate of drug-likeness (QED) is 0.315. The van der Waals surface area contributed by atoms with Crippen molar-refractivity contribution in [1.29, 1.82) is 0 Å². The maximum atomic E-state index is 13.5. The Kier molecular flexibility index (Phi) is 8.62. The average Bonchev–Trinajstić information content (AvgIpc) is 3.77. The van der Waals surface area contributed by atoms with E-state index in [1.807, 2.05) is 78.9 Å². The van der Waals surface area contributed by atoms with Gasteiger partial charge in [0.05, 0.1) is 12.8 Å². The van der Waals surface area contributed by atoms with E-state index in [0.717, 1.165) is 40.7 Å². The van der Waals surface area contributed by atoms with Crippen molar-refractivity contribution in [2.45, 2.75) is 50.3 Å². The van der Waals surface area contributed by atoms with Gasteiger partial charge in [0.15, 0.2) is 0 Å². The van der Waals surface area contributed by atoms with Crippen LogP contribution in [-0.4, -0.2) is 59.2 Å². The zero-order valence-corrected chi connectivity index (χ0v) is 22.5. The van der Waals surface area contributed by atoms with Gasteiger partial charge in [0.25, 0.3) is 0 Å². The van der Waals surface area contributed by atoms with Gasteiger partial charge in [0.2, 0.25) is 5.91 Å². The fourth-order valence-corrected chi connectivity index (χ4v) is 5.22. The first-order valence-corrected chi connectivity index (χ1v) is 13.7. The van der Waals surface area contributed by atoms with Gasteiger partial charge in [-0.15, -0.1) is 0 Å². The molecule has 9 nitrogen and oxygen atoms in total. The minimum absolute atomic E-state index is 0.0131. The molecule has 0 bridgehead atoms. The van der Waals surface area contributed by atoms with E-state index in [0.29, 0.717) is 0 Å². The number of carbonyl (C=O) groups excluding carboxylic acids is 3. The molecule has 0 spiro atoms. The molecule has 1 fully saturated rings. The minimum atomic E-state index is -1.26. The predicted octanol–water partition coefficient (Wildman–Crippen LogP) is 4.49. The molecule has 0 saturated heterocycles. The maximum Gasteiger partial charge on any atom is 0.407 e. The van der Waals surface area contributed by atoms with Crippen LogP contribution in [0.4, 0.5) is 4.79 Å². The summed E-state index contributed by atoms with van der Waals surface area (Å²) in [5, 5.41) is 11.7. The highest BCUT2D eigenvalue weighted by atomic mass is 16.5. The number of esters is 1. The molecule has 212 valence electrons. The fraction of sp³-hybridized carbons (Fsp3) is 0.312. The first-order chi connectivity index (χ1) is 19.9. The van der Waals surface area contributed by atoms with Gasteiger partial charge in [0.1, 0.15) is 19.3 Å². The van der Waals surface area contributed by atoms with E-state index in [1.165, 1.54) is 4.90 Å². The lowest BCUT2D eigenvalue weighted by molar-refractivity contribution is -0.149. The zero-order chi connectivity index (χ0) is 28.8. The third-order valence-corrected chi connectivity index (χ3v) is 7.38. The Balaban J connectivity index is 1.26. The molecular formula is C32H32N2O7. The van der Waals surface area contributed by atoms with Gasteiger partial charge in [-0.25, -0.2) is 4.79 Å². The van der Waals surface area contributed by atoms with E-state index in [2.05, 4.69) is 5.32 Å². The number of amides is 2. The smallest absolute Gasteiger partial charge is 0.407 e. The molecule has 2 aliphatic carbocycles. The first-order valence-electron chi connectivity index (χ1n) is 13.7. The number of alkyl carbamates (subject to hydrolysis) is 1. The molecule has 41 heavy (non-hydrogen) atoms. The standard InChI is InChI=1S/C32H32N2O7/c35-29(36)16-17-34(22-14-15-22)31(38)28(18-30(37)40-19-21-8-2-1-3-9-21)33-32(39)41-20-27-25-12-6-4-10-23(25)24-11-5-7-13-26(24)27/h1-13,22,27-28H,14-20H2,(H,33,39)(H,35,36)/t28-/m0/s1. The average molecular weight is 557 g/mol. The predicted molar refractivity (Wildman–Crippen MR) is 150 cm³/mol. The monoisotopic (exact) mass is 556 g/mol. The fourth-order valence-electron chi connectivity index (χ4n) is 5.22. The topological polar surface area (TPSA) is 122 Å². The number of carbonyl (C=O) groups is 4. The summed E-state index contributed by atoms with van der Waals surface area (Å²) in [7, 11) is 0. The van der Waals surface area contributed by atoms with Crippen LogP contribution in [0.3, 0.4) is 0 Å². The molecule has 2 amide bonds. The third-order valence-electron chi connectivity index (χ3n) is 7.38. The molecule has 0 unspecified atom stereocenters. The summed E-state index contributed by atoms with van der Waals surface area (Å²) >= 11 is 0. The number of nitrogens with zero attached hydrogens (tertiary/aromatic N) is 1. The molecule has 3 aromatic carbocycles. The van der Waals surface area contributed by atoms with Gasteiger partial charge in [-0.2, -0.15) is 0 Å². The molecule has 0 radical (unpaired) electrons. The number of benzene rings is 3. The van der Waals surface area contributed by atoms with E-state index >= 15 is 0 Å². The van der Waals surface area contributed by atoms with Crippen LogP contribution in [0.5, 0.6) is 0 Å². The van der Waals surface area contributed by atoms with Crippen LogP contribution in [0, 0.1) is 0 Å². The molecule has 2 aliphatic rings. The number of carboxylic acid groups (broad SMARTS) is 1. The van der Waals surface area contributed by atoms with Crippen LogP contribution in [0.1, 0.15) is 48.3 Å². The highest BCUT2D eigenvalue weighted by Crippen LogP contribution is 2.44. The number of nitrogens with one attached hydrogen (secondary N) is 1. The summed E-state index contributed by atoms with van der Waals surface area (Å²) in [4.78, 5) is 51.9. The highest BCUT2D eigenvalue weighted by molar-refractivity contribution is 5.90. The Morgan fingerprint density at radius 1 is 0.854 bits per heavy atom. The van der Waals surface area contributed by atoms with Crippen molar-refractivity contribution in [2.24, 2.45) is 0 Å². The van der Waals surface area contributed by atoms with Gasteiger partial charge >= 0.3 is 18.0 Å². The summed E-state index contributed by atoms with van der Waals surface area (Å²) in [6.07, 6.45) is -0.0111. The van der Waals surface area contributed by atoms with Crippen molar-refractivity contribution < 1.29 is 33.8 Å². The summed E-state index contributed by atoms with van der Waals surface area (Å²) in [5.74, 6) is -2.40. The molecule has 0 heterocycles. The number of carboxylic acids is 1. The second kappa shape index (κ2) is 12.7. The SMILES string of the molecule is O=C(O)CCN(C(=O)[C@H](CC(=O)OCc1ccccc1)NC(=O)OCC1c2ccccc2-c2ccccc21)C1CC1. The van der Waals surface area contributed by atoms with Crippen LogP contribution in [-0.2, 0) is 30.5 Å². The first kappa shape index (κ1) is 27.9. The summed E-state index contributed by atoms with van der Waals surface area (Å²) < 4.78 is 11.0. The van der Waals surface area contributed by atoms with Gasteiger partial charge in [-0.05, 0) is 40.7 Å². The van der Waals surface area contributed by atoms with Gasteiger partial charge in [-0.3, -0.25) is 14.4 Å².